The molecule has 0 aromatic heterocycles. The summed E-state index contributed by atoms with van der Waals surface area (Å²) >= 11 is 0. The molecule has 1 nitrogen and oxygen atoms in total. The lowest BCUT2D eigenvalue weighted by atomic mass is 9.92. The maximum Gasteiger partial charge on any atom is 0.127 e. The molecule has 2 N–H and O–H groups in total. The maximum atomic E-state index is 14.1. The molecule has 0 amide bonds. The van der Waals surface area contributed by atoms with Crippen LogP contribution in [0.2, 0.25) is 0 Å². The van der Waals surface area contributed by atoms with E-state index < -0.39 is 5.67 Å². The molecule has 0 aliphatic carbocycles. The summed E-state index contributed by atoms with van der Waals surface area (Å²) in [5.74, 6) is -0.300. The minimum atomic E-state index is -1.35. The second-order valence-electron chi connectivity index (χ2n) is 3.91. The summed E-state index contributed by atoms with van der Waals surface area (Å²) in [6.07, 6.45) is 1.47. The molecule has 0 saturated heterocycles. The normalized spacial score (nSPS) is 14.9. The highest BCUT2D eigenvalue weighted by molar-refractivity contribution is 5.18. The topological polar surface area (TPSA) is 26.0 Å². The van der Waals surface area contributed by atoms with Crippen molar-refractivity contribution in [2.45, 2.75) is 31.9 Å². The van der Waals surface area contributed by atoms with E-state index in [1.54, 1.807) is 12.1 Å². The predicted octanol–water partition coefficient (Wildman–Crippen LogP) is 2.84. The molecular weight excluding hydrogens is 196 g/mol. The maximum absolute atomic E-state index is 14.1. The van der Waals surface area contributed by atoms with Crippen molar-refractivity contribution >= 4 is 0 Å². The van der Waals surface area contributed by atoms with E-state index in [9.17, 15) is 8.78 Å². The first-order chi connectivity index (χ1) is 7.09. The molecule has 1 atom stereocenters. The van der Waals surface area contributed by atoms with Gasteiger partial charge in [-0.15, -0.1) is 0 Å². The Morgan fingerprint density at radius 1 is 1.27 bits per heavy atom. The monoisotopic (exact) mass is 213 g/mol. The van der Waals surface area contributed by atoms with Crippen molar-refractivity contribution in [3.05, 3.63) is 35.6 Å². The van der Waals surface area contributed by atoms with Crippen molar-refractivity contribution in [1.82, 2.24) is 0 Å². The first kappa shape index (κ1) is 12.1. The van der Waals surface area contributed by atoms with Crippen LogP contribution in [0.25, 0.3) is 0 Å². The average Bonchev–Trinajstić information content (AvgIpc) is 2.22. The van der Waals surface area contributed by atoms with E-state index >= 15 is 0 Å². The Kier molecular flexibility index (Phi) is 4.21. The van der Waals surface area contributed by atoms with E-state index in [4.69, 9.17) is 5.73 Å². The van der Waals surface area contributed by atoms with Crippen LogP contribution < -0.4 is 5.73 Å². The van der Waals surface area contributed by atoms with Crippen molar-refractivity contribution in [3.63, 3.8) is 0 Å². The Labute approximate surface area is 89.3 Å². The first-order valence-electron chi connectivity index (χ1n) is 5.23. The summed E-state index contributed by atoms with van der Waals surface area (Å²) < 4.78 is 26.7. The predicted molar refractivity (Wildman–Crippen MR) is 57.9 cm³/mol. The van der Waals surface area contributed by atoms with Gasteiger partial charge in [0.05, 0.1) is 0 Å². The van der Waals surface area contributed by atoms with Gasteiger partial charge in [-0.3, -0.25) is 0 Å². The molecule has 84 valence electrons. The average molecular weight is 213 g/mol. The largest absolute Gasteiger partial charge is 0.328 e. The fourth-order valence-electron chi connectivity index (χ4n) is 1.68. The lowest BCUT2D eigenvalue weighted by Crippen LogP contribution is -2.35. The van der Waals surface area contributed by atoms with Crippen LogP contribution in [0.4, 0.5) is 8.78 Å². The number of hydrogen-bond donors (Lipinski definition) is 1. The molecule has 1 unspecified atom stereocenters. The molecule has 0 spiro atoms. The van der Waals surface area contributed by atoms with Gasteiger partial charge in [-0.2, -0.15) is 0 Å². The molecule has 0 heterocycles. The Morgan fingerprint density at radius 2 is 1.87 bits per heavy atom. The van der Waals surface area contributed by atoms with Crippen LogP contribution in [0, 0.1) is 5.82 Å². The van der Waals surface area contributed by atoms with E-state index in [1.807, 2.05) is 6.92 Å². The fourth-order valence-corrected chi connectivity index (χ4v) is 1.68. The Hall–Kier alpha value is -0.960. The minimum Gasteiger partial charge on any atom is -0.328 e. The van der Waals surface area contributed by atoms with Crippen LogP contribution >= 0.6 is 0 Å². The summed E-state index contributed by atoms with van der Waals surface area (Å²) in [6, 6.07) is 5.90. The molecule has 1 aromatic carbocycles. The standard InChI is InChI=1S/C12H17F2N/c1-2-7-12(14,9-15)8-10-3-5-11(13)6-4-10/h3-6H,2,7-9,15H2,1H3. The number of nitrogens with two attached hydrogens (primary N) is 1. The minimum absolute atomic E-state index is 0.0121. The van der Waals surface area contributed by atoms with E-state index in [1.165, 1.54) is 12.1 Å². The summed E-state index contributed by atoms with van der Waals surface area (Å²) in [5.41, 5.74) is 4.86. The number of halogens is 2. The highest BCUT2D eigenvalue weighted by Gasteiger charge is 2.26. The van der Waals surface area contributed by atoms with Crippen molar-refractivity contribution in [2.75, 3.05) is 6.54 Å². The van der Waals surface area contributed by atoms with E-state index in [-0.39, 0.29) is 18.8 Å². The fraction of sp³-hybridized carbons (Fsp3) is 0.500. The molecule has 15 heavy (non-hydrogen) atoms. The first-order valence-corrected chi connectivity index (χ1v) is 5.23. The molecule has 0 radical (unpaired) electrons. The Bertz CT molecular complexity index is 297. The third kappa shape index (κ3) is 3.59. The zero-order chi connectivity index (χ0) is 11.3. The third-order valence-electron chi connectivity index (χ3n) is 2.50. The highest BCUT2D eigenvalue weighted by atomic mass is 19.1. The quantitative estimate of drug-likeness (QED) is 0.799. The van der Waals surface area contributed by atoms with Crippen LogP contribution in [-0.4, -0.2) is 12.2 Å². The lowest BCUT2D eigenvalue weighted by molar-refractivity contribution is 0.158. The van der Waals surface area contributed by atoms with E-state index in [2.05, 4.69) is 0 Å². The molecular formula is C12H17F2N. The van der Waals surface area contributed by atoms with Crippen molar-refractivity contribution in [2.24, 2.45) is 5.73 Å². The molecule has 3 heteroatoms. The molecule has 0 aliphatic rings. The van der Waals surface area contributed by atoms with Crippen LogP contribution in [0.5, 0.6) is 0 Å². The smallest absolute Gasteiger partial charge is 0.127 e. The summed E-state index contributed by atoms with van der Waals surface area (Å²) in [5, 5.41) is 0. The second kappa shape index (κ2) is 5.21. The van der Waals surface area contributed by atoms with Gasteiger partial charge in [0.1, 0.15) is 11.5 Å². The summed E-state index contributed by atoms with van der Waals surface area (Å²) in [7, 11) is 0. The zero-order valence-corrected chi connectivity index (χ0v) is 8.97. The van der Waals surface area contributed by atoms with Crippen LogP contribution in [-0.2, 0) is 6.42 Å². The van der Waals surface area contributed by atoms with Gasteiger partial charge in [-0.1, -0.05) is 25.5 Å². The zero-order valence-electron chi connectivity index (χ0n) is 8.97. The van der Waals surface area contributed by atoms with Gasteiger partial charge in [0.15, 0.2) is 0 Å². The number of alkyl halides is 1. The van der Waals surface area contributed by atoms with Crippen molar-refractivity contribution in [1.29, 1.82) is 0 Å². The van der Waals surface area contributed by atoms with Gasteiger partial charge in [-0.05, 0) is 24.1 Å². The number of rotatable bonds is 5. The SMILES string of the molecule is CCCC(F)(CN)Cc1ccc(F)cc1. The van der Waals surface area contributed by atoms with Crippen LogP contribution in [0.1, 0.15) is 25.3 Å². The van der Waals surface area contributed by atoms with Gasteiger partial charge in [0.2, 0.25) is 0 Å². The van der Waals surface area contributed by atoms with Gasteiger partial charge in [0, 0.05) is 13.0 Å². The highest BCUT2D eigenvalue weighted by Crippen LogP contribution is 2.22. The lowest BCUT2D eigenvalue weighted by Gasteiger charge is -2.23. The Balaban J connectivity index is 2.70. The summed E-state index contributed by atoms with van der Waals surface area (Å²) in [6.45, 7) is 1.94. The van der Waals surface area contributed by atoms with E-state index in [0.717, 1.165) is 12.0 Å². The van der Waals surface area contributed by atoms with Crippen molar-refractivity contribution in [3.8, 4) is 0 Å². The molecule has 0 fully saturated rings. The molecule has 1 rings (SSSR count). The third-order valence-corrected chi connectivity index (χ3v) is 2.50. The molecule has 0 saturated carbocycles. The number of hydrogen-bond acceptors (Lipinski definition) is 1. The van der Waals surface area contributed by atoms with Crippen molar-refractivity contribution < 1.29 is 8.78 Å². The summed E-state index contributed by atoms with van der Waals surface area (Å²) in [4.78, 5) is 0. The molecule has 0 bridgehead atoms. The van der Waals surface area contributed by atoms with Gasteiger partial charge >= 0.3 is 0 Å². The molecule has 0 aliphatic heterocycles. The molecule has 1 aromatic rings. The van der Waals surface area contributed by atoms with Gasteiger partial charge in [0.25, 0.3) is 0 Å². The second-order valence-corrected chi connectivity index (χ2v) is 3.91. The number of benzene rings is 1. The van der Waals surface area contributed by atoms with E-state index in [0.29, 0.717) is 6.42 Å². The van der Waals surface area contributed by atoms with Gasteiger partial charge in [-0.25, -0.2) is 8.78 Å². The van der Waals surface area contributed by atoms with Crippen LogP contribution in [0.3, 0.4) is 0 Å². The van der Waals surface area contributed by atoms with Crippen LogP contribution in [0.15, 0.2) is 24.3 Å². The Morgan fingerprint density at radius 3 is 2.33 bits per heavy atom. The van der Waals surface area contributed by atoms with Gasteiger partial charge < -0.3 is 5.73 Å².